The van der Waals surface area contributed by atoms with Crippen LogP contribution in [0.3, 0.4) is 0 Å². The van der Waals surface area contributed by atoms with Crippen molar-refractivity contribution in [2.24, 2.45) is 11.8 Å². The molecule has 256 valence electrons. The van der Waals surface area contributed by atoms with E-state index >= 15 is 4.39 Å². The first-order valence-electron chi connectivity index (χ1n) is 16.4. The Hall–Kier alpha value is -2.15. The van der Waals surface area contributed by atoms with Crippen molar-refractivity contribution in [1.82, 2.24) is 20.4 Å². The van der Waals surface area contributed by atoms with Gasteiger partial charge in [-0.2, -0.15) is 0 Å². The Kier molecular flexibility index (Phi) is 11.8. The minimum absolute atomic E-state index is 0.229. The molecule has 0 aromatic heterocycles. The Bertz CT molecular complexity index is 1240. The van der Waals surface area contributed by atoms with Crippen molar-refractivity contribution in [2.75, 3.05) is 27.2 Å². The Labute approximate surface area is 276 Å². The molecule has 1 saturated carbocycles. The van der Waals surface area contributed by atoms with Crippen molar-refractivity contribution in [3.63, 3.8) is 0 Å². The third-order valence-electron chi connectivity index (χ3n) is 10.3. The third kappa shape index (κ3) is 8.28. The molecule has 4 N–H and O–H groups in total. The van der Waals surface area contributed by atoms with Gasteiger partial charge in [0.25, 0.3) is 0 Å². The lowest BCUT2D eigenvalue weighted by Crippen LogP contribution is -2.74. The molecule has 0 spiro atoms. The molecule has 3 rings (SSSR count). The number of hydrogen-bond acceptors (Lipinski definition) is 9. The molecule has 46 heavy (non-hydrogen) atoms. The van der Waals surface area contributed by atoms with Gasteiger partial charge in [-0.15, -0.1) is 0 Å². The summed E-state index contributed by atoms with van der Waals surface area (Å²) in [5.41, 5.74) is -4.40. The van der Waals surface area contributed by atoms with Crippen LogP contribution in [0.1, 0.15) is 71.9 Å². The lowest BCUT2D eigenvalue weighted by molar-refractivity contribution is -0.182. The summed E-state index contributed by atoms with van der Waals surface area (Å²) in [4.78, 5) is 41.5. The number of hydrogen-bond donors (Lipinski definition) is 4. The molecule has 1 saturated heterocycles. The summed E-state index contributed by atoms with van der Waals surface area (Å²) in [6, 6.07) is 3.64. The molecule has 10 nitrogen and oxygen atoms in total. The molecule has 0 bridgehead atoms. The number of halogens is 1. The van der Waals surface area contributed by atoms with Gasteiger partial charge in [-0.3, -0.25) is 14.6 Å². The van der Waals surface area contributed by atoms with Crippen LogP contribution in [0.15, 0.2) is 18.2 Å². The van der Waals surface area contributed by atoms with Crippen LogP contribution in [0.25, 0.3) is 0 Å². The number of aliphatic hydroxyl groups is 2. The van der Waals surface area contributed by atoms with Crippen LogP contribution in [0.4, 0.5) is 4.39 Å². The second-order valence-electron chi connectivity index (χ2n) is 15.6. The average molecular weight is 644 g/mol. The number of aldehydes is 2. The number of morpholine rings is 1. The second kappa shape index (κ2) is 14.1. The number of amides is 1. The molecule has 1 amide bonds. The highest BCUT2D eigenvalue weighted by atomic mass is 19.1. The van der Waals surface area contributed by atoms with Gasteiger partial charge in [-0.1, -0.05) is 18.6 Å². The summed E-state index contributed by atoms with van der Waals surface area (Å²) in [5.74, 6) is -1.63. The van der Waals surface area contributed by atoms with E-state index in [1.165, 1.54) is 28.8 Å². The normalized spacial score (nSPS) is 26.8. The van der Waals surface area contributed by atoms with Crippen molar-refractivity contribution in [2.45, 2.75) is 114 Å². The summed E-state index contributed by atoms with van der Waals surface area (Å²) in [6.45, 7) is 14.5. The fourth-order valence-electron chi connectivity index (χ4n) is 7.96. The molecule has 2 aliphatic rings. The minimum atomic E-state index is -2.24. The Morgan fingerprint density at radius 3 is 2.33 bits per heavy atom. The average Bonchev–Trinajstić information content (AvgIpc) is 2.95. The number of carbonyl (C=O) groups excluding carboxylic acids is 3. The summed E-state index contributed by atoms with van der Waals surface area (Å²) in [5, 5.41) is 28.4. The van der Waals surface area contributed by atoms with E-state index in [1.54, 1.807) is 11.9 Å². The molecular weight excluding hydrogens is 589 g/mol. The van der Waals surface area contributed by atoms with Gasteiger partial charge in [-0.25, -0.2) is 4.39 Å². The number of rotatable bonds is 13. The highest BCUT2D eigenvalue weighted by Gasteiger charge is 2.56. The highest BCUT2D eigenvalue weighted by Crippen LogP contribution is 2.42. The standard InChI is InChI=1S/C33H55B2FN4O6/c1-29(2)18-40(19-30(3,4)46-29)16-21-12-13-24(36)23(14-21)15-38-25-11-9-10-22(17-41)26(25)31(5,6)39(8)27(28(43)37-7)33(35,45)32(34,44)20-42/h12-14,17,20,22,25-27,38,44-45H,9-11,15-16,18-19,34-35H2,1-8H3,(H,37,43). The Morgan fingerprint density at radius 1 is 1.17 bits per heavy atom. The molecular formula is C33H55B2FN4O6. The van der Waals surface area contributed by atoms with Gasteiger partial charge in [0.05, 0.1) is 16.7 Å². The van der Waals surface area contributed by atoms with Crippen molar-refractivity contribution in [3.8, 4) is 0 Å². The van der Waals surface area contributed by atoms with Gasteiger partial charge in [-0.05, 0) is 73.1 Å². The molecule has 0 radical (unpaired) electrons. The fraction of sp³-hybridized carbons (Fsp3) is 0.727. The van der Waals surface area contributed by atoms with E-state index in [9.17, 15) is 24.6 Å². The summed E-state index contributed by atoms with van der Waals surface area (Å²) in [6.07, 6.45) is 3.33. The minimum Gasteiger partial charge on any atom is -0.394 e. The molecule has 1 aromatic rings. The predicted octanol–water partition coefficient (Wildman–Crippen LogP) is -0.0442. The molecule has 6 unspecified atom stereocenters. The van der Waals surface area contributed by atoms with Gasteiger partial charge in [0.15, 0.2) is 7.85 Å². The molecule has 1 aliphatic carbocycles. The predicted molar refractivity (Wildman–Crippen MR) is 181 cm³/mol. The van der Waals surface area contributed by atoms with E-state index in [0.717, 1.165) is 37.8 Å². The first-order valence-corrected chi connectivity index (χ1v) is 16.4. The number of carbonyl (C=O) groups is 3. The molecule has 1 aliphatic heterocycles. The van der Waals surface area contributed by atoms with Crippen LogP contribution in [-0.4, -0.2) is 121 Å². The fourth-order valence-corrected chi connectivity index (χ4v) is 7.96. The van der Waals surface area contributed by atoms with Crippen LogP contribution in [0.5, 0.6) is 0 Å². The Morgan fingerprint density at radius 2 is 1.78 bits per heavy atom. The quantitative estimate of drug-likeness (QED) is 0.173. The van der Waals surface area contributed by atoms with E-state index in [-0.39, 0.29) is 47.7 Å². The first kappa shape index (κ1) is 38.3. The van der Waals surface area contributed by atoms with Crippen LogP contribution in [0.2, 0.25) is 0 Å². The van der Waals surface area contributed by atoms with Crippen LogP contribution in [0, 0.1) is 17.7 Å². The van der Waals surface area contributed by atoms with Gasteiger partial charge in [0.1, 0.15) is 37.8 Å². The molecule has 13 heteroatoms. The van der Waals surface area contributed by atoms with E-state index in [4.69, 9.17) is 4.74 Å². The van der Waals surface area contributed by atoms with Crippen molar-refractivity contribution >= 4 is 34.2 Å². The monoisotopic (exact) mass is 644 g/mol. The maximum Gasteiger partial charge on any atom is 0.239 e. The zero-order valence-corrected chi connectivity index (χ0v) is 29.4. The van der Waals surface area contributed by atoms with Crippen LogP contribution < -0.4 is 10.6 Å². The van der Waals surface area contributed by atoms with Crippen LogP contribution >= 0.6 is 0 Å². The molecule has 6 atom stereocenters. The van der Waals surface area contributed by atoms with E-state index in [0.29, 0.717) is 18.5 Å². The number of likely N-dealkylation sites (N-methyl/N-ethyl adjacent to an activating group) is 2. The lowest BCUT2D eigenvalue weighted by Gasteiger charge is -2.55. The number of nitrogens with zero attached hydrogens (tertiary/aromatic N) is 2. The lowest BCUT2D eigenvalue weighted by atomic mass is 9.55. The number of ether oxygens (including phenoxy) is 1. The maximum absolute atomic E-state index is 15.2. The largest absolute Gasteiger partial charge is 0.394 e. The third-order valence-corrected chi connectivity index (χ3v) is 10.3. The molecule has 1 aromatic carbocycles. The number of benzene rings is 1. The SMILES string of the molecule is BC(O)(C=O)C(B)(O)C(C(=O)NC)N(C)C(C)(C)C1C(C=O)CCCC1NCc1cc(CN2CC(C)(C)OC(C)(C)C2)ccc1F. The second-order valence-corrected chi connectivity index (χ2v) is 15.6. The van der Waals surface area contributed by atoms with Gasteiger partial charge < -0.3 is 35.2 Å². The first-order chi connectivity index (χ1) is 21.1. The smallest absolute Gasteiger partial charge is 0.239 e. The molecule has 2 fully saturated rings. The summed E-state index contributed by atoms with van der Waals surface area (Å²) >= 11 is 0. The summed E-state index contributed by atoms with van der Waals surface area (Å²) < 4.78 is 21.4. The molecule has 1 heterocycles. The van der Waals surface area contributed by atoms with Crippen molar-refractivity contribution in [1.29, 1.82) is 0 Å². The number of nitrogens with one attached hydrogen (secondary N) is 2. The zero-order valence-electron chi connectivity index (χ0n) is 29.4. The highest BCUT2D eigenvalue weighted by molar-refractivity contribution is 6.32. The summed E-state index contributed by atoms with van der Waals surface area (Å²) in [7, 11) is 5.50. The van der Waals surface area contributed by atoms with Gasteiger partial charge in [0.2, 0.25) is 5.91 Å². The van der Waals surface area contributed by atoms with Gasteiger partial charge >= 0.3 is 0 Å². The van der Waals surface area contributed by atoms with E-state index in [1.807, 2.05) is 26.0 Å². The van der Waals surface area contributed by atoms with Crippen molar-refractivity contribution < 1.29 is 33.7 Å². The van der Waals surface area contributed by atoms with E-state index < -0.39 is 28.5 Å². The van der Waals surface area contributed by atoms with E-state index in [2.05, 4.69) is 43.2 Å². The topological polar surface area (TPSA) is 131 Å². The van der Waals surface area contributed by atoms with Crippen molar-refractivity contribution in [3.05, 3.63) is 35.1 Å². The Balaban J connectivity index is 1.89. The van der Waals surface area contributed by atoms with Gasteiger partial charge in [0, 0.05) is 62.2 Å². The maximum atomic E-state index is 15.2. The van der Waals surface area contributed by atoms with Crippen LogP contribution in [-0.2, 0) is 32.2 Å². The zero-order chi connectivity index (χ0) is 34.9.